The zero-order valence-electron chi connectivity index (χ0n) is 14.9. The number of carbonyl (C=O) groups excluding carboxylic acids is 1. The summed E-state index contributed by atoms with van der Waals surface area (Å²) in [6.45, 7) is 1.67. The Morgan fingerprint density at radius 1 is 1.12 bits per heavy atom. The van der Waals surface area contributed by atoms with Gasteiger partial charge in [-0.2, -0.15) is 0 Å². The van der Waals surface area contributed by atoms with Crippen LogP contribution in [0.3, 0.4) is 0 Å². The van der Waals surface area contributed by atoms with Crippen molar-refractivity contribution in [2.24, 2.45) is 5.92 Å². The molecule has 7 heteroatoms. The summed E-state index contributed by atoms with van der Waals surface area (Å²) < 4.78 is 0. The summed E-state index contributed by atoms with van der Waals surface area (Å²) in [4.78, 5) is 28.2. The molecule has 138 valence electrons. The predicted octanol–water partition coefficient (Wildman–Crippen LogP) is 3.96. The minimum atomic E-state index is 0.245. The molecule has 0 aromatic carbocycles. The van der Waals surface area contributed by atoms with Crippen LogP contribution in [0.5, 0.6) is 0 Å². The van der Waals surface area contributed by atoms with Gasteiger partial charge in [-0.25, -0.2) is 15.0 Å². The van der Waals surface area contributed by atoms with Gasteiger partial charge in [-0.05, 0) is 31.7 Å². The molecule has 6 nitrogen and oxygen atoms in total. The molecule has 0 bridgehead atoms. The van der Waals surface area contributed by atoms with Gasteiger partial charge in [0.05, 0.1) is 5.69 Å². The summed E-state index contributed by atoms with van der Waals surface area (Å²) in [5, 5.41) is 5.86. The van der Waals surface area contributed by atoms with Crippen molar-refractivity contribution in [2.45, 2.75) is 50.9 Å². The molecular formula is C19H25N5OS. The number of nitrogens with zero attached hydrogens (tertiary/aromatic N) is 4. The lowest BCUT2D eigenvalue weighted by molar-refractivity contribution is -0.137. The molecule has 26 heavy (non-hydrogen) atoms. The maximum atomic E-state index is 12.9. The third-order valence-electron chi connectivity index (χ3n) is 5.43. The van der Waals surface area contributed by atoms with Gasteiger partial charge < -0.3 is 10.2 Å². The molecule has 3 heterocycles. The number of rotatable bonds is 4. The molecule has 1 unspecified atom stereocenters. The first kappa shape index (κ1) is 17.4. The monoisotopic (exact) mass is 371 g/mol. The van der Waals surface area contributed by atoms with Crippen molar-refractivity contribution in [3.8, 4) is 0 Å². The lowest BCUT2D eigenvalue weighted by Gasteiger charge is -2.35. The van der Waals surface area contributed by atoms with Gasteiger partial charge in [0.25, 0.3) is 0 Å². The van der Waals surface area contributed by atoms with Crippen molar-refractivity contribution in [3.63, 3.8) is 0 Å². The minimum Gasteiger partial charge on any atom is -0.342 e. The van der Waals surface area contributed by atoms with Crippen LogP contribution in [0.1, 0.15) is 56.6 Å². The Morgan fingerprint density at radius 2 is 2.00 bits per heavy atom. The van der Waals surface area contributed by atoms with Crippen molar-refractivity contribution < 1.29 is 4.79 Å². The Kier molecular flexibility index (Phi) is 5.43. The summed E-state index contributed by atoms with van der Waals surface area (Å²) in [5.41, 5.74) is 1.01. The number of nitrogens with one attached hydrogen (secondary N) is 1. The van der Waals surface area contributed by atoms with E-state index in [4.69, 9.17) is 0 Å². The second-order valence-corrected chi connectivity index (χ2v) is 8.12. The summed E-state index contributed by atoms with van der Waals surface area (Å²) in [6.07, 6.45) is 11.5. The number of aromatic nitrogens is 3. The number of piperidine rings is 1. The summed E-state index contributed by atoms with van der Waals surface area (Å²) in [5.74, 6) is 1.48. The second kappa shape index (κ2) is 8.12. The summed E-state index contributed by atoms with van der Waals surface area (Å²) in [6, 6.07) is 1.98. The SMILES string of the molecule is O=C(C1CCCCC1)N1CCCC(c2ccnc(Nc3nccs3)n2)C1. The predicted molar refractivity (Wildman–Crippen MR) is 103 cm³/mol. The fourth-order valence-corrected chi connectivity index (χ4v) is 4.59. The van der Waals surface area contributed by atoms with Gasteiger partial charge >= 0.3 is 0 Å². The molecule has 1 amide bonds. The molecule has 0 radical (unpaired) electrons. The van der Waals surface area contributed by atoms with E-state index in [2.05, 4.69) is 25.2 Å². The van der Waals surface area contributed by atoms with Crippen molar-refractivity contribution in [2.75, 3.05) is 18.4 Å². The van der Waals surface area contributed by atoms with Crippen LogP contribution in [0.2, 0.25) is 0 Å². The first-order chi connectivity index (χ1) is 12.8. The summed E-state index contributed by atoms with van der Waals surface area (Å²) >= 11 is 1.52. The van der Waals surface area contributed by atoms with Crippen LogP contribution < -0.4 is 5.32 Å². The molecule has 1 saturated carbocycles. The van der Waals surface area contributed by atoms with Crippen molar-refractivity contribution in [3.05, 3.63) is 29.5 Å². The van der Waals surface area contributed by atoms with Crippen molar-refractivity contribution >= 4 is 28.3 Å². The van der Waals surface area contributed by atoms with E-state index >= 15 is 0 Å². The Morgan fingerprint density at radius 3 is 2.81 bits per heavy atom. The fraction of sp³-hybridized carbons (Fsp3) is 0.579. The van der Waals surface area contributed by atoms with E-state index < -0.39 is 0 Å². The Bertz CT molecular complexity index is 729. The highest BCUT2D eigenvalue weighted by atomic mass is 32.1. The van der Waals surface area contributed by atoms with E-state index in [1.54, 1.807) is 12.4 Å². The highest BCUT2D eigenvalue weighted by Crippen LogP contribution is 2.30. The molecule has 0 spiro atoms. The molecule has 1 aliphatic carbocycles. The zero-order valence-corrected chi connectivity index (χ0v) is 15.7. The van der Waals surface area contributed by atoms with Crippen LogP contribution in [0.25, 0.3) is 0 Å². The van der Waals surface area contributed by atoms with Gasteiger partial charge in [0, 0.05) is 42.7 Å². The van der Waals surface area contributed by atoms with E-state index in [1.165, 1.54) is 30.6 Å². The lowest BCUT2D eigenvalue weighted by Crippen LogP contribution is -2.43. The molecule has 1 atom stereocenters. The van der Waals surface area contributed by atoms with Gasteiger partial charge in [-0.3, -0.25) is 4.79 Å². The van der Waals surface area contributed by atoms with Crippen molar-refractivity contribution in [1.29, 1.82) is 0 Å². The molecule has 1 aliphatic heterocycles. The number of amides is 1. The first-order valence-electron chi connectivity index (χ1n) is 9.58. The summed E-state index contributed by atoms with van der Waals surface area (Å²) in [7, 11) is 0. The highest BCUT2D eigenvalue weighted by Gasteiger charge is 2.30. The number of hydrogen-bond donors (Lipinski definition) is 1. The minimum absolute atomic E-state index is 0.245. The quantitative estimate of drug-likeness (QED) is 0.881. The number of thiazole rings is 1. The first-order valence-corrected chi connectivity index (χ1v) is 10.5. The van der Waals surface area contributed by atoms with Gasteiger partial charge in [-0.1, -0.05) is 19.3 Å². The molecular weight excluding hydrogens is 346 g/mol. The maximum Gasteiger partial charge on any atom is 0.229 e. The van der Waals surface area contributed by atoms with E-state index in [0.29, 0.717) is 11.9 Å². The average molecular weight is 372 g/mol. The molecule has 1 N–H and O–H groups in total. The molecule has 1 saturated heterocycles. The molecule has 4 rings (SSSR count). The van der Waals surface area contributed by atoms with Crippen LogP contribution >= 0.6 is 11.3 Å². The normalized spacial score (nSPS) is 21.5. The maximum absolute atomic E-state index is 12.9. The van der Waals surface area contributed by atoms with Gasteiger partial charge in [0.15, 0.2) is 5.13 Å². The molecule has 2 aromatic heterocycles. The number of hydrogen-bond acceptors (Lipinski definition) is 6. The Labute approximate surface area is 158 Å². The Balaban J connectivity index is 1.43. The van der Waals surface area contributed by atoms with Crippen LogP contribution in [0, 0.1) is 5.92 Å². The smallest absolute Gasteiger partial charge is 0.229 e. The molecule has 2 fully saturated rings. The Hall–Kier alpha value is -2.02. The molecule has 2 aromatic rings. The van der Waals surface area contributed by atoms with Crippen LogP contribution in [0.4, 0.5) is 11.1 Å². The lowest BCUT2D eigenvalue weighted by atomic mass is 9.87. The zero-order chi connectivity index (χ0) is 17.8. The molecule has 2 aliphatic rings. The fourth-order valence-electron chi connectivity index (χ4n) is 4.07. The van der Waals surface area contributed by atoms with E-state index in [1.807, 2.05) is 11.4 Å². The largest absolute Gasteiger partial charge is 0.342 e. The van der Waals surface area contributed by atoms with E-state index in [9.17, 15) is 4.79 Å². The van der Waals surface area contributed by atoms with Gasteiger partial charge in [0.1, 0.15) is 0 Å². The van der Waals surface area contributed by atoms with Crippen LogP contribution in [0.15, 0.2) is 23.8 Å². The average Bonchev–Trinajstić information content (AvgIpc) is 3.21. The van der Waals surface area contributed by atoms with Crippen LogP contribution in [-0.4, -0.2) is 38.8 Å². The second-order valence-electron chi connectivity index (χ2n) is 7.23. The van der Waals surface area contributed by atoms with E-state index in [-0.39, 0.29) is 11.8 Å². The number of likely N-dealkylation sites (tertiary alicyclic amines) is 1. The topological polar surface area (TPSA) is 71.0 Å². The van der Waals surface area contributed by atoms with Crippen molar-refractivity contribution in [1.82, 2.24) is 19.9 Å². The third-order valence-corrected chi connectivity index (χ3v) is 6.12. The third kappa shape index (κ3) is 4.03. The standard InChI is InChI=1S/C19H25N5OS/c25-17(14-5-2-1-3-6-14)24-11-4-7-15(13-24)16-8-9-20-18(22-16)23-19-21-10-12-26-19/h8-10,12,14-15H,1-7,11,13H2,(H,20,21,22,23). The van der Waals surface area contributed by atoms with E-state index in [0.717, 1.165) is 49.6 Å². The van der Waals surface area contributed by atoms with Gasteiger partial charge in [-0.15, -0.1) is 11.3 Å². The van der Waals surface area contributed by atoms with Gasteiger partial charge in [0.2, 0.25) is 11.9 Å². The number of carbonyl (C=O) groups is 1. The number of anilines is 2. The highest BCUT2D eigenvalue weighted by molar-refractivity contribution is 7.13. The van der Waals surface area contributed by atoms with Crippen LogP contribution in [-0.2, 0) is 4.79 Å².